The number of para-hydroxylation sites is 2. The molecule has 3 amide bonds. The summed E-state index contributed by atoms with van der Waals surface area (Å²) in [6.45, 7) is 3.25. The molecule has 41 heavy (non-hydrogen) atoms. The van der Waals surface area contributed by atoms with Crippen molar-refractivity contribution in [2.45, 2.75) is 44.8 Å². The Morgan fingerprint density at radius 3 is 2.20 bits per heavy atom. The molecule has 0 saturated carbocycles. The van der Waals surface area contributed by atoms with Crippen LogP contribution < -0.4 is 27.6 Å². The number of hydrogen-bond acceptors (Lipinski definition) is 6. The number of fused-ring (bicyclic) bond motifs is 2. The quantitative estimate of drug-likeness (QED) is 0.153. The van der Waals surface area contributed by atoms with Gasteiger partial charge in [0.15, 0.2) is 0 Å². The van der Waals surface area contributed by atoms with E-state index >= 15 is 0 Å². The van der Waals surface area contributed by atoms with Gasteiger partial charge in [-0.25, -0.2) is 14.2 Å². The van der Waals surface area contributed by atoms with Crippen molar-refractivity contribution in [2.75, 3.05) is 0 Å². The minimum atomic E-state index is -1.61. The fourth-order valence-corrected chi connectivity index (χ4v) is 4.72. The second-order valence-corrected chi connectivity index (χ2v) is 10.0. The third-order valence-corrected chi connectivity index (χ3v) is 6.81. The largest absolute Gasteiger partial charge is 0.480 e. The molecule has 13 heteroatoms. The molecule has 4 rings (SSSR count). The van der Waals surface area contributed by atoms with Gasteiger partial charge in [-0.15, -0.1) is 0 Å². The van der Waals surface area contributed by atoms with E-state index in [-0.39, 0.29) is 11.8 Å². The summed E-state index contributed by atoms with van der Waals surface area (Å²) < 4.78 is 0.821. The molecule has 2 heterocycles. The van der Waals surface area contributed by atoms with E-state index < -0.39 is 65.4 Å². The molecule has 7 N–H and O–H groups in total. The monoisotopic (exact) mass is 562 g/mol. The number of benzene rings is 2. The number of amides is 3. The number of nitrogens with zero attached hydrogens (tertiary/aromatic N) is 1. The van der Waals surface area contributed by atoms with Crippen molar-refractivity contribution in [3.63, 3.8) is 0 Å². The van der Waals surface area contributed by atoms with Crippen LogP contribution in [0, 0.1) is 5.92 Å². The molecule has 0 spiro atoms. The van der Waals surface area contributed by atoms with Crippen LogP contribution in [0.25, 0.3) is 21.8 Å². The summed E-state index contributed by atoms with van der Waals surface area (Å²) in [5, 5.41) is 15.2. The van der Waals surface area contributed by atoms with Gasteiger partial charge in [0.2, 0.25) is 17.7 Å². The normalized spacial score (nSPS) is 13.5. The molecule has 0 aliphatic rings. The fraction of sp³-hybridized carbons (Fsp3) is 0.286. The third-order valence-electron chi connectivity index (χ3n) is 6.81. The van der Waals surface area contributed by atoms with Crippen LogP contribution in [-0.4, -0.2) is 55.4 Å². The molecule has 214 valence electrons. The number of carboxylic acids is 1. The van der Waals surface area contributed by atoms with Gasteiger partial charge in [0.05, 0.1) is 17.3 Å². The zero-order valence-corrected chi connectivity index (χ0v) is 22.3. The standard InChI is InChI=1S/C28H30N6O7/c1-14(2)23(25(37)31-20(27(39)40)12-22(29)35)33-24(36)21(11-15-13-30-18-9-5-3-7-16(15)18)34-26(38)17-8-4-6-10-19(17)32-28(34)41/h3-10,13-14,20-21,23,30H,11-12H2,1-2H3,(H2,29,35)(H,31,37)(H,32,41)(H,33,36)(H,39,40)/t20-,21+,23+/m1/s1. The summed E-state index contributed by atoms with van der Waals surface area (Å²) in [6, 6.07) is 9.45. The Morgan fingerprint density at radius 2 is 1.56 bits per heavy atom. The molecule has 0 saturated heterocycles. The second-order valence-electron chi connectivity index (χ2n) is 10.0. The number of nitrogens with two attached hydrogens (primary N) is 1. The highest BCUT2D eigenvalue weighted by Crippen LogP contribution is 2.23. The molecule has 2 aromatic heterocycles. The van der Waals surface area contributed by atoms with Crippen molar-refractivity contribution in [1.29, 1.82) is 0 Å². The van der Waals surface area contributed by atoms with Gasteiger partial charge in [-0.2, -0.15) is 0 Å². The van der Waals surface area contributed by atoms with Crippen LogP contribution in [0.5, 0.6) is 0 Å². The number of carbonyl (C=O) groups is 4. The highest BCUT2D eigenvalue weighted by molar-refractivity contribution is 5.93. The van der Waals surface area contributed by atoms with E-state index in [9.17, 15) is 33.9 Å². The van der Waals surface area contributed by atoms with E-state index in [4.69, 9.17) is 5.73 Å². The Morgan fingerprint density at radius 1 is 0.927 bits per heavy atom. The maximum Gasteiger partial charge on any atom is 0.329 e. The predicted octanol–water partition coefficient (Wildman–Crippen LogP) is 0.541. The van der Waals surface area contributed by atoms with Crippen molar-refractivity contribution in [2.24, 2.45) is 11.7 Å². The first-order valence-corrected chi connectivity index (χ1v) is 12.9. The Balaban J connectivity index is 1.75. The molecule has 0 fully saturated rings. The van der Waals surface area contributed by atoms with Gasteiger partial charge in [-0.05, 0) is 29.7 Å². The molecule has 13 nitrogen and oxygen atoms in total. The molecule has 4 aromatic rings. The number of aliphatic carboxylic acids is 1. The lowest BCUT2D eigenvalue weighted by atomic mass is 10.00. The minimum Gasteiger partial charge on any atom is -0.480 e. The molecule has 0 radical (unpaired) electrons. The van der Waals surface area contributed by atoms with Crippen LogP contribution in [0.1, 0.15) is 31.9 Å². The van der Waals surface area contributed by atoms with Crippen LogP contribution in [0.2, 0.25) is 0 Å². The summed E-state index contributed by atoms with van der Waals surface area (Å²) in [5.74, 6) is -4.63. The number of nitrogens with one attached hydrogen (secondary N) is 4. The molecular weight excluding hydrogens is 532 g/mol. The van der Waals surface area contributed by atoms with Crippen LogP contribution in [0.3, 0.4) is 0 Å². The molecular formula is C28H30N6O7. The van der Waals surface area contributed by atoms with Gasteiger partial charge in [-0.3, -0.25) is 19.2 Å². The lowest BCUT2D eigenvalue weighted by Gasteiger charge is -2.26. The molecule has 0 bridgehead atoms. The molecule has 0 unspecified atom stereocenters. The van der Waals surface area contributed by atoms with Gasteiger partial charge >= 0.3 is 11.7 Å². The van der Waals surface area contributed by atoms with Gasteiger partial charge in [0.25, 0.3) is 5.56 Å². The van der Waals surface area contributed by atoms with E-state index in [0.717, 1.165) is 15.5 Å². The van der Waals surface area contributed by atoms with E-state index in [1.165, 1.54) is 6.07 Å². The molecule has 3 atom stereocenters. The maximum atomic E-state index is 13.9. The predicted molar refractivity (Wildman–Crippen MR) is 150 cm³/mol. The van der Waals surface area contributed by atoms with E-state index in [2.05, 4.69) is 20.6 Å². The van der Waals surface area contributed by atoms with Crippen molar-refractivity contribution in [3.05, 3.63) is 81.1 Å². The number of primary amides is 1. The first kappa shape index (κ1) is 28.8. The molecule has 0 aliphatic heterocycles. The summed E-state index contributed by atoms with van der Waals surface area (Å²) in [6.07, 6.45) is 0.951. The SMILES string of the molecule is CC(C)[C@H](NC(=O)[C@H](Cc1c[nH]c2ccccc12)n1c(=O)[nH]c2ccccc2c1=O)C(=O)N[C@H](CC(N)=O)C(=O)O. The maximum absolute atomic E-state index is 13.9. The molecule has 0 aliphatic carbocycles. The van der Waals surface area contributed by atoms with Crippen molar-refractivity contribution >= 4 is 45.5 Å². The number of H-pyrrole nitrogens is 2. The van der Waals surface area contributed by atoms with Crippen molar-refractivity contribution in [1.82, 2.24) is 25.2 Å². The highest BCUT2D eigenvalue weighted by Gasteiger charge is 2.33. The van der Waals surface area contributed by atoms with Gasteiger partial charge in [0, 0.05) is 23.5 Å². The van der Waals surface area contributed by atoms with Crippen LogP contribution >= 0.6 is 0 Å². The smallest absolute Gasteiger partial charge is 0.329 e. The third kappa shape index (κ3) is 6.19. The average Bonchev–Trinajstić information content (AvgIpc) is 3.32. The van der Waals surface area contributed by atoms with E-state index in [1.807, 2.05) is 24.3 Å². The number of carbonyl (C=O) groups excluding carboxylic acids is 3. The Labute approximate surface area is 232 Å². The Bertz CT molecular complexity index is 1750. The topological polar surface area (TPSA) is 209 Å². The van der Waals surface area contributed by atoms with Crippen LogP contribution in [-0.2, 0) is 25.6 Å². The first-order valence-electron chi connectivity index (χ1n) is 12.9. The van der Waals surface area contributed by atoms with E-state index in [1.54, 1.807) is 38.2 Å². The average molecular weight is 563 g/mol. The lowest BCUT2D eigenvalue weighted by molar-refractivity contribution is -0.144. The number of rotatable bonds is 11. The van der Waals surface area contributed by atoms with E-state index in [0.29, 0.717) is 11.1 Å². The van der Waals surface area contributed by atoms with Gasteiger partial charge in [0.1, 0.15) is 18.1 Å². The van der Waals surface area contributed by atoms with Gasteiger partial charge in [-0.1, -0.05) is 44.2 Å². The second kappa shape index (κ2) is 11.9. The summed E-state index contributed by atoms with van der Waals surface area (Å²) in [7, 11) is 0. The minimum absolute atomic E-state index is 0.0803. The zero-order valence-electron chi connectivity index (χ0n) is 22.3. The number of aromatic amines is 2. The number of carboxylic acid groups (broad SMARTS) is 1. The van der Waals surface area contributed by atoms with Gasteiger partial charge < -0.3 is 31.4 Å². The van der Waals surface area contributed by atoms with Crippen LogP contribution in [0.15, 0.2) is 64.3 Å². The Hall–Kier alpha value is -5.20. The number of hydrogen-bond donors (Lipinski definition) is 6. The van der Waals surface area contributed by atoms with Crippen molar-refractivity contribution in [3.8, 4) is 0 Å². The number of aromatic nitrogens is 3. The zero-order chi connectivity index (χ0) is 29.8. The highest BCUT2D eigenvalue weighted by atomic mass is 16.4. The summed E-state index contributed by atoms with van der Waals surface area (Å²) >= 11 is 0. The lowest BCUT2D eigenvalue weighted by Crippen LogP contribution is -2.56. The van der Waals surface area contributed by atoms with Crippen LogP contribution in [0.4, 0.5) is 0 Å². The first-order chi connectivity index (χ1) is 19.5. The fourth-order valence-electron chi connectivity index (χ4n) is 4.72. The summed E-state index contributed by atoms with van der Waals surface area (Å²) in [4.78, 5) is 82.3. The molecule has 2 aromatic carbocycles. The summed E-state index contributed by atoms with van der Waals surface area (Å²) in [5.41, 5.74) is 5.35. The Kier molecular flexibility index (Phi) is 8.36. The van der Waals surface area contributed by atoms with Crippen molar-refractivity contribution < 1.29 is 24.3 Å².